The molecule has 0 atom stereocenters. The zero-order valence-electron chi connectivity index (χ0n) is 11.0. The van der Waals surface area contributed by atoms with Crippen LogP contribution in [-0.2, 0) is 16.3 Å². The van der Waals surface area contributed by atoms with E-state index in [9.17, 15) is 13.2 Å². The average Bonchev–Trinajstić information content (AvgIpc) is 2.29. The molecule has 1 aromatic rings. The normalized spacial score (nSPS) is 11.4. The van der Waals surface area contributed by atoms with Crippen LogP contribution >= 0.6 is 0 Å². The van der Waals surface area contributed by atoms with Crippen LogP contribution in [0.15, 0.2) is 24.3 Å². The average molecular weight is 268 g/mol. The minimum absolute atomic E-state index is 0.0760. The van der Waals surface area contributed by atoms with Crippen LogP contribution in [0.2, 0.25) is 0 Å². The molecule has 1 rings (SSSR count). The minimum Gasteiger partial charge on any atom is -0.293 e. The van der Waals surface area contributed by atoms with Crippen LogP contribution in [0, 0.1) is 0 Å². The molecule has 0 N–H and O–H groups in total. The maximum Gasteiger partial charge on any atom is 0.177 e. The summed E-state index contributed by atoms with van der Waals surface area (Å²) in [5, 5.41) is 0. The third-order valence-corrected chi connectivity index (χ3v) is 4.41. The highest BCUT2D eigenvalue weighted by Gasteiger charge is 2.16. The second-order valence-electron chi connectivity index (χ2n) is 4.46. The first-order valence-electron chi connectivity index (χ1n) is 6.31. The predicted molar refractivity (Wildman–Crippen MR) is 73.7 cm³/mol. The largest absolute Gasteiger partial charge is 0.293 e. The van der Waals surface area contributed by atoms with Crippen LogP contribution in [0.5, 0.6) is 0 Å². The Kier molecular flexibility index (Phi) is 5.54. The molecule has 4 heteroatoms. The van der Waals surface area contributed by atoms with Crippen molar-refractivity contribution in [2.45, 2.75) is 33.1 Å². The number of benzene rings is 1. The van der Waals surface area contributed by atoms with Crippen LogP contribution < -0.4 is 0 Å². The van der Waals surface area contributed by atoms with Crippen LogP contribution in [-0.4, -0.2) is 25.7 Å². The van der Waals surface area contributed by atoms with Crippen molar-refractivity contribution < 1.29 is 13.2 Å². The van der Waals surface area contributed by atoms with Crippen molar-refractivity contribution in [3.05, 3.63) is 35.4 Å². The lowest BCUT2D eigenvalue weighted by molar-refractivity contribution is 0.102. The Balaban J connectivity index is 2.73. The van der Waals surface area contributed by atoms with Crippen molar-refractivity contribution in [2.75, 3.05) is 11.5 Å². The fourth-order valence-corrected chi connectivity index (χ4v) is 3.14. The van der Waals surface area contributed by atoms with E-state index in [0.717, 1.165) is 12.8 Å². The lowest BCUT2D eigenvalue weighted by atomic mass is 10.1. The molecule has 100 valence electrons. The van der Waals surface area contributed by atoms with Gasteiger partial charge in [0, 0.05) is 5.56 Å². The summed E-state index contributed by atoms with van der Waals surface area (Å²) in [6.45, 7) is 3.89. The molecule has 0 amide bonds. The molecule has 0 fully saturated rings. The number of carbonyl (C=O) groups excluding carboxylic acids is 1. The molecule has 0 aromatic heterocycles. The van der Waals surface area contributed by atoms with E-state index in [2.05, 4.69) is 6.92 Å². The van der Waals surface area contributed by atoms with Crippen LogP contribution in [0.1, 0.15) is 42.6 Å². The smallest absolute Gasteiger partial charge is 0.177 e. The topological polar surface area (TPSA) is 51.2 Å². The van der Waals surface area contributed by atoms with Crippen molar-refractivity contribution in [1.82, 2.24) is 0 Å². The summed E-state index contributed by atoms with van der Waals surface area (Å²) < 4.78 is 23.1. The van der Waals surface area contributed by atoms with Gasteiger partial charge in [0.25, 0.3) is 0 Å². The number of carbonyl (C=O) groups is 1. The van der Waals surface area contributed by atoms with Gasteiger partial charge in [-0.3, -0.25) is 4.79 Å². The zero-order valence-corrected chi connectivity index (χ0v) is 11.8. The van der Waals surface area contributed by atoms with Crippen molar-refractivity contribution in [1.29, 1.82) is 0 Å². The van der Waals surface area contributed by atoms with Gasteiger partial charge in [-0.05, 0) is 18.4 Å². The van der Waals surface area contributed by atoms with E-state index in [4.69, 9.17) is 0 Å². The molecule has 0 spiro atoms. The summed E-state index contributed by atoms with van der Waals surface area (Å²) in [6, 6.07) is 7.22. The van der Waals surface area contributed by atoms with Crippen molar-refractivity contribution in [2.24, 2.45) is 0 Å². The molecule has 1 aromatic carbocycles. The monoisotopic (exact) mass is 268 g/mol. The summed E-state index contributed by atoms with van der Waals surface area (Å²) in [5.74, 6) is -0.618. The number of hydrogen-bond acceptors (Lipinski definition) is 3. The van der Waals surface area contributed by atoms with E-state index in [0.29, 0.717) is 12.0 Å². The highest BCUT2D eigenvalue weighted by Crippen LogP contribution is 2.09. The first-order chi connectivity index (χ1) is 8.48. The standard InChI is InChI=1S/C14H20O3S/c1-3-5-12-6-8-13(9-7-12)14(15)11-18(16,17)10-4-2/h6-9H,3-5,10-11H2,1-2H3. The maximum atomic E-state index is 11.8. The molecule has 0 saturated carbocycles. The quantitative estimate of drug-likeness (QED) is 0.714. The number of aryl methyl sites for hydroxylation is 1. The molecule has 18 heavy (non-hydrogen) atoms. The van der Waals surface area contributed by atoms with Gasteiger partial charge in [-0.2, -0.15) is 0 Å². The molecule has 0 aliphatic rings. The summed E-state index contributed by atoms with van der Waals surface area (Å²) in [4.78, 5) is 11.8. The van der Waals surface area contributed by atoms with Crippen LogP contribution in [0.25, 0.3) is 0 Å². The van der Waals surface area contributed by atoms with E-state index in [1.165, 1.54) is 5.56 Å². The summed E-state index contributed by atoms with van der Waals surface area (Å²) >= 11 is 0. The van der Waals surface area contributed by atoms with Gasteiger partial charge < -0.3 is 0 Å². The number of rotatable bonds is 7. The Labute approximate surface area is 109 Å². The van der Waals surface area contributed by atoms with Crippen LogP contribution in [0.3, 0.4) is 0 Å². The zero-order chi connectivity index (χ0) is 13.6. The third kappa shape index (κ3) is 4.61. The Bertz CT molecular complexity index is 486. The maximum absolute atomic E-state index is 11.8. The molecule has 0 radical (unpaired) electrons. The first kappa shape index (κ1) is 14.9. The summed E-state index contributed by atoms with van der Waals surface area (Å²) in [6.07, 6.45) is 2.58. The second-order valence-corrected chi connectivity index (χ2v) is 6.65. The number of hydrogen-bond donors (Lipinski definition) is 0. The van der Waals surface area contributed by atoms with E-state index in [1.54, 1.807) is 19.1 Å². The first-order valence-corrected chi connectivity index (χ1v) is 8.13. The Morgan fingerprint density at radius 3 is 2.17 bits per heavy atom. The molecule has 3 nitrogen and oxygen atoms in total. The number of Topliss-reactive ketones (excluding diaryl/α,β-unsaturated/α-hetero) is 1. The number of ketones is 1. The second kappa shape index (κ2) is 6.69. The summed E-state index contributed by atoms with van der Waals surface area (Å²) in [7, 11) is -3.25. The van der Waals surface area contributed by atoms with Gasteiger partial charge in [0.15, 0.2) is 15.6 Å². The fraction of sp³-hybridized carbons (Fsp3) is 0.500. The van der Waals surface area contributed by atoms with E-state index in [-0.39, 0.29) is 17.3 Å². The van der Waals surface area contributed by atoms with Crippen molar-refractivity contribution in [3.8, 4) is 0 Å². The lowest BCUT2D eigenvalue weighted by Crippen LogP contribution is -2.18. The molecule has 0 heterocycles. The van der Waals surface area contributed by atoms with Gasteiger partial charge in [-0.25, -0.2) is 8.42 Å². The van der Waals surface area contributed by atoms with Gasteiger partial charge in [-0.1, -0.05) is 44.5 Å². The lowest BCUT2D eigenvalue weighted by Gasteiger charge is -2.04. The van der Waals surface area contributed by atoms with Crippen LogP contribution in [0.4, 0.5) is 0 Å². The number of sulfone groups is 1. The highest BCUT2D eigenvalue weighted by atomic mass is 32.2. The van der Waals surface area contributed by atoms with Crippen molar-refractivity contribution >= 4 is 15.6 Å². The van der Waals surface area contributed by atoms with E-state index in [1.807, 2.05) is 12.1 Å². The predicted octanol–water partition coefficient (Wildman–Crippen LogP) is 2.65. The van der Waals surface area contributed by atoms with Gasteiger partial charge in [0.2, 0.25) is 0 Å². The third-order valence-electron chi connectivity index (χ3n) is 2.68. The molecule has 0 saturated heterocycles. The van der Waals surface area contributed by atoms with Gasteiger partial charge in [0.1, 0.15) is 5.75 Å². The minimum atomic E-state index is -3.25. The fourth-order valence-electron chi connectivity index (χ4n) is 1.81. The SMILES string of the molecule is CCCc1ccc(C(=O)CS(=O)(=O)CCC)cc1. The molecule has 0 bridgehead atoms. The highest BCUT2D eigenvalue weighted by molar-refractivity contribution is 7.92. The van der Waals surface area contributed by atoms with Gasteiger partial charge in [0.05, 0.1) is 5.75 Å². The van der Waals surface area contributed by atoms with Crippen molar-refractivity contribution in [3.63, 3.8) is 0 Å². The van der Waals surface area contributed by atoms with Gasteiger partial charge >= 0.3 is 0 Å². The Morgan fingerprint density at radius 2 is 1.67 bits per heavy atom. The van der Waals surface area contributed by atoms with E-state index >= 15 is 0 Å². The molecule has 0 unspecified atom stereocenters. The van der Waals surface area contributed by atoms with E-state index < -0.39 is 9.84 Å². The molecular weight excluding hydrogens is 248 g/mol. The molecular formula is C14H20O3S. The molecule has 0 aliphatic carbocycles. The van der Waals surface area contributed by atoms with Gasteiger partial charge in [-0.15, -0.1) is 0 Å². The Hall–Kier alpha value is -1.16. The summed E-state index contributed by atoms with van der Waals surface area (Å²) in [5.41, 5.74) is 1.65. The molecule has 0 aliphatic heterocycles. The Morgan fingerprint density at radius 1 is 1.06 bits per heavy atom.